The molecule has 2 aromatic carbocycles. The molecule has 1 saturated heterocycles. The van der Waals surface area contributed by atoms with Gasteiger partial charge in [-0.2, -0.15) is 0 Å². The van der Waals surface area contributed by atoms with E-state index in [0.29, 0.717) is 5.92 Å². The maximum absolute atomic E-state index is 6.91. The van der Waals surface area contributed by atoms with E-state index in [-0.39, 0.29) is 0 Å². The highest BCUT2D eigenvalue weighted by Gasteiger charge is 2.39. The average Bonchev–Trinajstić information content (AvgIpc) is 3.03. The number of nitrogens with two attached hydrogens (primary N) is 1. The van der Waals surface area contributed by atoms with Crippen LogP contribution in [0.15, 0.2) is 60.7 Å². The summed E-state index contributed by atoms with van der Waals surface area (Å²) in [7, 11) is 0. The van der Waals surface area contributed by atoms with Crippen molar-refractivity contribution in [3.63, 3.8) is 0 Å². The summed E-state index contributed by atoms with van der Waals surface area (Å²) in [4.78, 5) is 0. The molecule has 0 radical (unpaired) electrons. The molecule has 0 bridgehead atoms. The summed E-state index contributed by atoms with van der Waals surface area (Å²) in [5, 5.41) is 3.44. The van der Waals surface area contributed by atoms with Crippen molar-refractivity contribution in [3.8, 4) is 0 Å². The summed E-state index contributed by atoms with van der Waals surface area (Å²) in [6.07, 6.45) is 1.13. The maximum atomic E-state index is 6.91. The molecule has 2 heteroatoms. The van der Waals surface area contributed by atoms with Crippen LogP contribution in [0.5, 0.6) is 0 Å². The Kier molecular flexibility index (Phi) is 3.36. The summed E-state index contributed by atoms with van der Waals surface area (Å²) in [6.45, 7) is 2.05. The Morgan fingerprint density at radius 2 is 1.42 bits per heavy atom. The first-order valence-electron chi connectivity index (χ1n) is 6.92. The van der Waals surface area contributed by atoms with E-state index in [1.165, 1.54) is 11.1 Å². The normalized spacial score (nSPS) is 19.5. The van der Waals surface area contributed by atoms with E-state index in [1.54, 1.807) is 0 Å². The highest BCUT2D eigenvalue weighted by atomic mass is 14.9. The highest BCUT2D eigenvalue weighted by molar-refractivity contribution is 5.39. The molecule has 0 saturated carbocycles. The van der Waals surface area contributed by atoms with Crippen molar-refractivity contribution in [1.82, 2.24) is 5.32 Å². The first kappa shape index (κ1) is 12.4. The topological polar surface area (TPSA) is 38.0 Å². The minimum absolute atomic E-state index is 0.397. The van der Waals surface area contributed by atoms with Crippen LogP contribution in [0.25, 0.3) is 0 Å². The molecule has 19 heavy (non-hydrogen) atoms. The average molecular weight is 252 g/mol. The number of hydrogen-bond acceptors (Lipinski definition) is 2. The molecule has 2 nitrogen and oxygen atoms in total. The first-order valence-corrected chi connectivity index (χ1v) is 6.92. The van der Waals surface area contributed by atoms with E-state index in [0.717, 1.165) is 19.5 Å². The monoisotopic (exact) mass is 252 g/mol. The van der Waals surface area contributed by atoms with Gasteiger partial charge in [0.15, 0.2) is 0 Å². The summed E-state index contributed by atoms with van der Waals surface area (Å²) < 4.78 is 0. The van der Waals surface area contributed by atoms with Crippen molar-refractivity contribution in [1.29, 1.82) is 0 Å². The van der Waals surface area contributed by atoms with Gasteiger partial charge in [-0.1, -0.05) is 60.7 Å². The summed E-state index contributed by atoms with van der Waals surface area (Å²) in [5.74, 6) is 0.442. The van der Waals surface area contributed by atoms with Crippen molar-refractivity contribution in [2.24, 2.45) is 11.7 Å². The van der Waals surface area contributed by atoms with E-state index < -0.39 is 5.54 Å². The van der Waals surface area contributed by atoms with Crippen molar-refractivity contribution in [2.75, 3.05) is 13.1 Å². The third-order valence-corrected chi connectivity index (χ3v) is 4.21. The zero-order chi connectivity index (χ0) is 13.1. The van der Waals surface area contributed by atoms with E-state index in [1.807, 2.05) is 12.1 Å². The number of nitrogens with one attached hydrogen (secondary N) is 1. The molecule has 2 aromatic rings. The molecule has 0 spiro atoms. The van der Waals surface area contributed by atoms with Crippen LogP contribution >= 0.6 is 0 Å². The molecule has 3 rings (SSSR count). The van der Waals surface area contributed by atoms with E-state index >= 15 is 0 Å². The van der Waals surface area contributed by atoms with Gasteiger partial charge < -0.3 is 11.1 Å². The van der Waals surface area contributed by atoms with Gasteiger partial charge in [-0.05, 0) is 30.0 Å². The third-order valence-electron chi connectivity index (χ3n) is 4.21. The molecule has 1 heterocycles. The minimum Gasteiger partial charge on any atom is -0.317 e. The molecule has 0 amide bonds. The Bertz CT molecular complexity index is 476. The predicted molar refractivity (Wildman–Crippen MR) is 78.8 cm³/mol. The van der Waals surface area contributed by atoms with Gasteiger partial charge in [-0.15, -0.1) is 0 Å². The third kappa shape index (κ3) is 2.18. The Hall–Kier alpha value is -1.64. The zero-order valence-corrected chi connectivity index (χ0v) is 11.0. The van der Waals surface area contributed by atoms with Gasteiger partial charge in [0.2, 0.25) is 0 Å². The van der Waals surface area contributed by atoms with Crippen LogP contribution in [0.2, 0.25) is 0 Å². The standard InChI is InChI=1S/C17H20N2/c18-17(16-11-12-19-13-16,14-7-3-1-4-8-14)15-9-5-2-6-10-15/h1-10,16,19H,11-13,18H2/t16-/m1/s1. The van der Waals surface area contributed by atoms with Gasteiger partial charge in [0.05, 0.1) is 5.54 Å². The van der Waals surface area contributed by atoms with Crippen LogP contribution in [-0.4, -0.2) is 13.1 Å². The molecule has 0 aliphatic carbocycles. The van der Waals surface area contributed by atoms with Crippen LogP contribution in [0.1, 0.15) is 17.5 Å². The van der Waals surface area contributed by atoms with Crippen molar-refractivity contribution in [2.45, 2.75) is 12.0 Å². The maximum Gasteiger partial charge on any atom is 0.0706 e. The van der Waals surface area contributed by atoms with Crippen LogP contribution < -0.4 is 11.1 Å². The fourth-order valence-corrected chi connectivity index (χ4v) is 3.11. The largest absolute Gasteiger partial charge is 0.317 e. The molecular weight excluding hydrogens is 232 g/mol. The Morgan fingerprint density at radius 3 is 1.84 bits per heavy atom. The van der Waals surface area contributed by atoms with E-state index in [4.69, 9.17) is 5.73 Å². The van der Waals surface area contributed by atoms with Crippen LogP contribution in [0.3, 0.4) is 0 Å². The summed E-state index contributed by atoms with van der Waals surface area (Å²) in [6, 6.07) is 21.0. The van der Waals surface area contributed by atoms with E-state index in [9.17, 15) is 0 Å². The lowest BCUT2D eigenvalue weighted by molar-refractivity contribution is 0.354. The van der Waals surface area contributed by atoms with Gasteiger partial charge in [0, 0.05) is 6.54 Å². The van der Waals surface area contributed by atoms with Crippen LogP contribution in [0, 0.1) is 5.92 Å². The Morgan fingerprint density at radius 1 is 0.895 bits per heavy atom. The van der Waals surface area contributed by atoms with Crippen LogP contribution in [-0.2, 0) is 5.54 Å². The second kappa shape index (κ2) is 5.16. The lowest BCUT2D eigenvalue weighted by Gasteiger charge is -2.36. The molecular formula is C17H20N2. The fraction of sp³-hybridized carbons (Fsp3) is 0.294. The predicted octanol–water partition coefficient (Wildman–Crippen LogP) is 2.50. The Balaban J connectivity index is 2.10. The lowest BCUT2D eigenvalue weighted by atomic mass is 9.73. The lowest BCUT2D eigenvalue weighted by Crippen LogP contribution is -2.46. The molecule has 1 aliphatic heterocycles. The van der Waals surface area contributed by atoms with Crippen molar-refractivity contribution in [3.05, 3.63) is 71.8 Å². The molecule has 1 aliphatic rings. The SMILES string of the molecule is NC(c1ccccc1)(c1ccccc1)[C@@H]1CCNC1. The summed E-state index contributed by atoms with van der Waals surface area (Å²) in [5.41, 5.74) is 8.92. The smallest absolute Gasteiger partial charge is 0.0706 e. The second-order valence-electron chi connectivity index (χ2n) is 5.29. The summed E-state index contributed by atoms with van der Waals surface area (Å²) >= 11 is 0. The van der Waals surface area contributed by atoms with Gasteiger partial charge in [-0.3, -0.25) is 0 Å². The number of hydrogen-bond donors (Lipinski definition) is 2. The molecule has 1 fully saturated rings. The fourth-order valence-electron chi connectivity index (χ4n) is 3.11. The van der Waals surface area contributed by atoms with Gasteiger partial charge in [0.1, 0.15) is 0 Å². The number of benzene rings is 2. The minimum atomic E-state index is -0.397. The highest BCUT2D eigenvalue weighted by Crippen LogP contribution is 2.37. The Labute approximate surface area is 114 Å². The zero-order valence-electron chi connectivity index (χ0n) is 11.0. The molecule has 98 valence electrons. The van der Waals surface area contributed by atoms with Gasteiger partial charge in [0.25, 0.3) is 0 Å². The van der Waals surface area contributed by atoms with Gasteiger partial charge in [-0.25, -0.2) is 0 Å². The molecule has 0 aromatic heterocycles. The van der Waals surface area contributed by atoms with Gasteiger partial charge >= 0.3 is 0 Å². The van der Waals surface area contributed by atoms with E-state index in [2.05, 4.69) is 53.8 Å². The molecule has 0 unspecified atom stereocenters. The molecule has 3 N–H and O–H groups in total. The molecule has 1 atom stereocenters. The number of rotatable bonds is 3. The quantitative estimate of drug-likeness (QED) is 0.881. The van der Waals surface area contributed by atoms with Crippen molar-refractivity contribution < 1.29 is 0 Å². The van der Waals surface area contributed by atoms with Crippen molar-refractivity contribution >= 4 is 0 Å². The first-order chi connectivity index (χ1) is 9.32. The van der Waals surface area contributed by atoms with Crippen LogP contribution in [0.4, 0.5) is 0 Å². The second-order valence-corrected chi connectivity index (χ2v) is 5.29.